The van der Waals surface area contributed by atoms with Crippen LogP contribution in [0.4, 0.5) is 0 Å². The summed E-state index contributed by atoms with van der Waals surface area (Å²) < 4.78 is 0. The van der Waals surface area contributed by atoms with Gasteiger partial charge < -0.3 is 5.11 Å². The third-order valence-corrected chi connectivity index (χ3v) is 0.994. The van der Waals surface area contributed by atoms with Crippen LogP contribution in [0.5, 0.6) is 0 Å². The van der Waals surface area contributed by atoms with Gasteiger partial charge in [0.05, 0.1) is 0 Å². The highest BCUT2D eigenvalue weighted by Crippen LogP contribution is 1.97. The van der Waals surface area contributed by atoms with Crippen LogP contribution in [0, 0.1) is 0 Å². The van der Waals surface area contributed by atoms with Gasteiger partial charge in [-0.2, -0.15) is 0 Å². The van der Waals surface area contributed by atoms with Gasteiger partial charge in [0.15, 0.2) is 0 Å². The Morgan fingerprint density at radius 2 is 2.00 bits per heavy atom. The summed E-state index contributed by atoms with van der Waals surface area (Å²) in [6, 6.07) is 0. The zero-order chi connectivity index (χ0) is 6.41. The van der Waals surface area contributed by atoms with Gasteiger partial charge in [-0.15, -0.1) is 0 Å². The molecule has 2 nitrogen and oxygen atoms in total. The highest BCUT2D eigenvalue weighted by molar-refractivity contribution is 5.66. The molecule has 2 heteroatoms. The molecule has 0 aliphatic carbocycles. The van der Waals surface area contributed by atoms with E-state index in [0.717, 1.165) is 19.3 Å². The molecule has 0 rings (SSSR count). The highest BCUT2D eigenvalue weighted by Gasteiger charge is 1.92. The van der Waals surface area contributed by atoms with E-state index in [9.17, 15) is 4.79 Å². The number of carbonyl (C=O) groups is 1. The summed E-state index contributed by atoms with van der Waals surface area (Å²) in [4.78, 5) is 9.87. The van der Waals surface area contributed by atoms with Gasteiger partial charge >= 0.3 is 5.97 Å². The van der Waals surface area contributed by atoms with E-state index in [2.05, 4.69) is 6.92 Å². The molecule has 1 N–H and O–H groups in total. The average Bonchev–Trinajstić information content (AvgIpc) is 1.66. The number of carboxylic acid groups (broad SMARTS) is 1. The summed E-state index contributed by atoms with van der Waals surface area (Å²) >= 11 is 0. The standard InChI is InChI=1S/C6H12O2.CH4/c1-2-3-4-5-6(7)8;/h2-5H2,1H3,(H,7,8);1H4. The van der Waals surface area contributed by atoms with E-state index >= 15 is 0 Å². The van der Waals surface area contributed by atoms with E-state index in [1.165, 1.54) is 0 Å². The molecule has 0 radical (unpaired) electrons. The van der Waals surface area contributed by atoms with Gasteiger partial charge in [-0.1, -0.05) is 27.2 Å². The van der Waals surface area contributed by atoms with Crippen molar-refractivity contribution in [1.82, 2.24) is 0 Å². The first kappa shape index (κ1) is 11.3. The Kier molecular flexibility index (Phi) is 9.37. The van der Waals surface area contributed by atoms with Crippen molar-refractivity contribution in [2.75, 3.05) is 0 Å². The minimum atomic E-state index is -0.682. The Hall–Kier alpha value is -0.530. The fraction of sp³-hybridized carbons (Fsp3) is 0.857. The third-order valence-electron chi connectivity index (χ3n) is 0.994. The largest absolute Gasteiger partial charge is 0.481 e. The number of rotatable bonds is 4. The van der Waals surface area contributed by atoms with E-state index in [1.807, 2.05) is 0 Å². The van der Waals surface area contributed by atoms with Gasteiger partial charge in [0.2, 0.25) is 0 Å². The number of hydrogen-bond donors (Lipinski definition) is 1. The molecule has 0 saturated carbocycles. The number of aliphatic carboxylic acids is 1. The minimum absolute atomic E-state index is 0. The van der Waals surface area contributed by atoms with Gasteiger partial charge in [0, 0.05) is 6.42 Å². The summed E-state index contributed by atoms with van der Waals surface area (Å²) in [5.74, 6) is -0.682. The summed E-state index contributed by atoms with van der Waals surface area (Å²) in [6.07, 6.45) is 3.28. The number of unbranched alkanes of at least 4 members (excludes halogenated alkanes) is 2. The van der Waals surface area contributed by atoms with Crippen molar-refractivity contribution in [1.29, 1.82) is 0 Å². The van der Waals surface area contributed by atoms with E-state index < -0.39 is 5.97 Å². The molecule has 9 heavy (non-hydrogen) atoms. The molecule has 0 fully saturated rings. The molecule has 0 spiro atoms. The van der Waals surface area contributed by atoms with Crippen LogP contribution < -0.4 is 0 Å². The second-order valence-electron chi connectivity index (χ2n) is 1.85. The third kappa shape index (κ3) is 11.2. The Morgan fingerprint density at radius 1 is 1.44 bits per heavy atom. The molecule has 0 amide bonds. The second kappa shape index (κ2) is 7.47. The minimum Gasteiger partial charge on any atom is -0.481 e. The van der Waals surface area contributed by atoms with E-state index in [4.69, 9.17) is 5.11 Å². The SMILES string of the molecule is C.CCCCCC(=O)O. The summed E-state index contributed by atoms with van der Waals surface area (Å²) in [7, 11) is 0. The van der Waals surface area contributed by atoms with Gasteiger partial charge in [0.25, 0.3) is 0 Å². The van der Waals surface area contributed by atoms with E-state index in [-0.39, 0.29) is 7.43 Å². The summed E-state index contributed by atoms with van der Waals surface area (Å²) in [5.41, 5.74) is 0. The zero-order valence-electron chi connectivity index (χ0n) is 5.18. The maximum Gasteiger partial charge on any atom is 0.303 e. The lowest BCUT2D eigenvalue weighted by atomic mass is 10.2. The van der Waals surface area contributed by atoms with Crippen molar-refractivity contribution in [3.05, 3.63) is 0 Å². The lowest BCUT2D eigenvalue weighted by Gasteiger charge is -1.89. The van der Waals surface area contributed by atoms with Crippen LogP contribution in [-0.2, 0) is 4.79 Å². The fourth-order valence-corrected chi connectivity index (χ4v) is 0.526. The van der Waals surface area contributed by atoms with Crippen molar-refractivity contribution in [2.45, 2.75) is 40.0 Å². The molecule has 0 saturated heterocycles. The molecule has 0 unspecified atom stereocenters. The molecule has 0 bridgehead atoms. The molecule has 0 aromatic heterocycles. The lowest BCUT2D eigenvalue weighted by Crippen LogP contribution is -1.92. The summed E-state index contributed by atoms with van der Waals surface area (Å²) in [6.45, 7) is 2.06. The average molecular weight is 132 g/mol. The monoisotopic (exact) mass is 132 g/mol. The topological polar surface area (TPSA) is 37.3 Å². The quantitative estimate of drug-likeness (QED) is 0.596. The maximum absolute atomic E-state index is 9.87. The van der Waals surface area contributed by atoms with Crippen molar-refractivity contribution in [3.8, 4) is 0 Å². The van der Waals surface area contributed by atoms with Crippen LogP contribution in [0.25, 0.3) is 0 Å². The van der Waals surface area contributed by atoms with Gasteiger partial charge in [-0.3, -0.25) is 4.79 Å². The van der Waals surface area contributed by atoms with Crippen molar-refractivity contribution in [3.63, 3.8) is 0 Å². The predicted octanol–water partition coefficient (Wildman–Crippen LogP) is 2.29. The van der Waals surface area contributed by atoms with Crippen LogP contribution >= 0.6 is 0 Å². The normalized spacial score (nSPS) is 8.11. The molecule has 0 atom stereocenters. The first-order valence-electron chi connectivity index (χ1n) is 2.99. The number of carboxylic acids is 1. The summed E-state index contributed by atoms with van der Waals surface area (Å²) in [5, 5.41) is 8.14. The molecule has 0 heterocycles. The van der Waals surface area contributed by atoms with Crippen LogP contribution in [0.15, 0.2) is 0 Å². The highest BCUT2D eigenvalue weighted by atomic mass is 16.4. The van der Waals surface area contributed by atoms with E-state index in [1.54, 1.807) is 0 Å². The van der Waals surface area contributed by atoms with Gasteiger partial charge in [-0.25, -0.2) is 0 Å². The fourth-order valence-electron chi connectivity index (χ4n) is 0.526. The molecule has 0 aromatic carbocycles. The lowest BCUT2D eigenvalue weighted by molar-refractivity contribution is -0.137. The van der Waals surface area contributed by atoms with Crippen molar-refractivity contribution in [2.24, 2.45) is 0 Å². The Morgan fingerprint density at radius 3 is 2.33 bits per heavy atom. The van der Waals surface area contributed by atoms with Crippen molar-refractivity contribution < 1.29 is 9.90 Å². The maximum atomic E-state index is 9.87. The zero-order valence-corrected chi connectivity index (χ0v) is 5.18. The first-order chi connectivity index (χ1) is 3.77. The molecular weight excluding hydrogens is 116 g/mol. The first-order valence-corrected chi connectivity index (χ1v) is 2.99. The van der Waals surface area contributed by atoms with Gasteiger partial charge in [-0.05, 0) is 6.42 Å². The van der Waals surface area contributed by atoms with Crippen LogP contribution in [0.2, 0.25) is 0 Å². The predicted molar refractivity (Wildman–Crippen MR) is 38.5 cm³/mol. The smallest absolute Gasteiger partial charge is 0.303 e. The Bertz CT molecular complexity index is 69.3. The van der Waals surface area contributed by atoms with Crippen LogP contribution in [0.1, 0.15) is 40.0 Å². The molecule has 0 aliphatic rings. The van der Waals surface area contributed by atoms with Gasteiger partial charge in [0.1, 0.15) is 0 Å². The molecule has 0 aromatic rings. The number of hydrogen-bond acceptors (Lipinski definition) is 1. The van der Waals surface area contributed by atoms with Crippen molar-refractivity contribution >= 4 is 5.97 Å². The van der Waals surface area contributed by atoms with E-state index in [0.29, 0.717) is 6.42 Å². The molecule has 0 aliphatic heterocycles. The molecular formula is C7H16O2. The second-order valence-corrected chi connectivity index (χ2v) is 1.85. The molecule has 56 valence electrons. The Balaban J connectivity index is 0. The van der Waals surface area contributed by atoms with Crippen LogP contribution in [-0.4, -0.2) is 11.1 Å². The van der Waals surface area contributed by atoms with Crippen LogP contribution in [0.3, 0.4) is 0 Å². The Labute approximate surface area is 56.9 Å².